The van der Waals surface area contributed by atoms with Crippen molar-refractivity contribution in [2.24, 2.45) is 0 Å². The van der Waals surface area contributed by atoms with Gasteiger partial charge < -0.3 is 15.4 Å². The fourth-order valence-corrected chi connectivity index (χ4v) is 2.81. The highest BCUT2D eigenvalue weighted by molar-refractivity contribution is 7.99. The van der Waals surface area contributed by atoms with Crippen LogP contribution in [0.25, 0.3) is 0 Å². The van der Waals surface area contributed by atoms with E-state index in [1.54, 1.807) is 11.8 Å². The summed E-state index contributed by atoms with van der Waals surface area (Å²) in [6.45, 7) is 2.97. The number of hydrogen-bond acceptors (Lipinski definition) is 4. The van der Waals surface area contributed by atoms with Crippen LogP contribution in [0, 0.1) is 0 Å². The molecule has 0 aromatic heterocycles. The largest absolute Gasteiger partial charge is 0.375 e. The minimum atomic E-state index is 0.00710. The lowest BCUT2D eigenvalue weighted by atomic mass is 10.2. The van der Waals surface area contributed by atoms with E-state index in [1.165, 1.54) is 0 Å². The predicted molar refractivity (Wildman–Crippen MR) is 82.4 cm³/mol. The van der Waals surface area contributed by atoms with E-state index in [9.17, 15) is 4.79 Å². The van der Waals surface area contributed by atoms with Crippen molar-refractivity contribution < 1.29 is 9.53 Å². The lowest BCUT2D eigenvalue weighted by molar-refractivity contribution is -0.124. The van der Waals surface area contributed by atoms with Crippen LogP contribution in [0.15, 0.2) is 29.2 Å². The number of ether oxygens (including phenoxy) is 1. The molecule has 20 heavy (non-hydrogen) atoms. The SMILES string of the molecule is O=C(CC1CNCCO1)NCCSc1ccc(Cl)cc1. The Morgan fingerprint density at radius 2 is 2.25 bits per heavy atom. The van der Waals surface area contributed by atoms with Crippen LogP contribution < -0.4 is 10.6 Å². The third-order valence-corrected chi connectivity index (χ3v) is 4.19. The van der Waals surface area contributed by atoms with Crippen LogP contribution in [0.2, 0.25) is 5.02 Å². The van der Waals surface area contributed by atoms with E-state index < -0.39 is 0 Å². The number of rotatable bonds is 6. The average Bonchev–Trinajstić information content (AvgIpc) is 2.46. The van der Waals surface area contributed by atoms with Gasteiger partial charge in [-0.3, -0.25) is 4.79 Å². The number of halogens is 1. The van der Waals surface area contributed by atoms with Crippen LogP contribution in [0.1, 0.15) is 6.42 Å². The van der Waals surface area contributed by atoms with Gasteiger partial charge in [0.15, 0.2) is 0 Å². The van der Waals surface area contributed by atoms with E-state index in [-0.39, 0.29) is 12.0 Å². The highest BCUT2D eigenvalue weighted by atomic mass is 35.5. The normalized spacial score (nSPS) is 18.8. The molecule has 1 aliphatic rings. The summed E-state index contributed by atoms with van der Waals surface area (Å²) in [6.07, 6.45) is 0.436. The molecule has 1 heterocycles. The number of thioether (sulfide) groups is 1. The summed E-state index contributed by atoms with van der Waals surface area (Å²) in [5.74, 6) is 0.896. The quantitative estimate of drug-likeness (QED) is 0.622. The fourth-order valence-electron chi connectivity index (χ4n) is 1.92. The molecule has 0 bridgehead atoms. The molecular weight excluding hydrogens is 296 g/mol. The summed E-state index contributed by atoms with van der Waals surface area (Å²) in [4.78, 5) is 12.9. The zero-order valence-corrected chi connectivity index (χ0v) is 12.8. The maximum atomic E-state index is 11.7. The van der Waals surface area contributed by atoms with Gasteiger partial charge in [-0.05, 0) is 24.3 Å². The van der Waals surface area contributed by atoms with Crippen LogP contribution in [-0.4, -0.2) is 44.0 Å². The smallest absolute Gasteiger partial charge is 0.222 e. The summed E-state index contributed by atoms with van der Waals surface area (Å²) in [7, 11) is 0. The van der Waals surface area contributed by atoms with Crippen LogP contribution in [0.4, 0.5) is 0 Å². The monoisotopic (exact) mass is 314 g/mol. The molecule has 1 aromatic rings. The van der Waals surface area contributed by atoms with Gasteiger partial charge in [0.1, 0.15) is 0 Å². The van der Waals surface area contributed by atoms with Gasteiger partial charge in [-0.2, -0.15) is 0 Å². The molecule has 0 radical (unpaired) electrons. The van der Waals surface area contributed by atoms with Gasteiger partial charge in [0.05, 0.1) is 19.1 Å². The number of benzene rings is 1. The maximum Gasteiger partial charge on any atom is 0.222 e. The van der Waals surface area contributed by atoms with Crippen LogP contribution in [-0.2, 0) is 9.53 Å². The number of nitrogens with one attached hydrogen (secondary N) is 2. The van der Waals surface area contributed by atoms with E-state index in [0.717, 1.165) is 28.8 Å². The number of hydrogen-bond donors (Lipinski definition) is 2. The third-order valence-electron chi connectivity index (χ3n) is 2.92. The number of morpholine rings is 1. The van der Waals surface area contributed by atoms with Crippen molar-refractivity contribution in [3.05, 3.63) is 29.3 Å². The molecule has 1 saturated heterocycles. The molecule has 1 aliphatic heterocycles. The van der Waals surface area contributed by atoms with Crippen LogP contribution in [0.5, 0.6) is 0 Å². The Morgan fingerprint density at radius 3 is 2.95 bits per heavy atom. The molecule has 1 amide bonds. The first kappa shape index (κ1) is 15.6. The Morgan fingerprint density at radius 1 is 1.45 bits per heavy atom. The first-order valence-corrected chi connectivity index (χ1v) is 8.08. The molecule has 110 valence electrons. The highest BCUT2D eigenvalue weighted by Crippen LogP contribution is 2.19. The lowest BCUT2D eigenvalue weighted by Gasteiger charge is -2.23. The van der Waals surface area contributed by atoms with Crippen LogP contribution in [0.3, 0.4) is 0 Å². The van der Waals surface area contributed by atoms with E-state index in [4.69, 9.17) is 16.3 Å². The first-order chi connectivity index (χ1) is 9.74. The lowest BCUT2D eigenvalue weighted by Crippen LogP contribution is -2.41. The summed E-state index contributed by atoms with van der Waals surface area (Å²) >= 11 is 7.52. The second kappa shape index (κ2) is 8.52. The standard InChI is InChI=1S/C14H19ClN2O2S/c15-11-1-3-13(4-2-11)20-8-6-17-14(18)9-12-10-16-5-7-19-12/h1-4,12,16H,5-10H2,(H,17,18). The van der Waals surface area contributed by atoms with Gasteiger partial charge in [0.25, 0.3) is 0 Å². The van der Waals surface area contributed by atoms with Crippen LogP contribution >= 0.6 is 23.4 Å². The van der Waals surface area contributed by atoms with Gasteiger partial charge in [-0.1, -0.05) is 11.6 Å². The topological polar surface area (TPSA) is 50.4 Å². The van der Waals surface area contributed by atoms with Gasteiger partial charge in [-0.25, -0.2) is 0 Å². The Bertz CT molecular complexity index is 422. The number of carbonyl (C=O) groups excluding carboxylic acids is 1. The summed E-state index contributed by atoms with van der Waals surface area (Å²) in [6, 6.07) is 7.71. The maximum absolute atomic E-state index is 11.7. The molecule has 1 unspecified atom stereocenters. The van der Waals surface area contributed by atoms with Crippen molar-refractivity contribution in [1.82, 2.24) is 10.6 Å². The molecule has 2 rings (SSSR count). The molecule has 1 fully saturated rings. The first-order valence-electron chi connectivity index (χ1n) is 6.71. The minimum Gasteiger partial charge on any atom is -0.375 e. The molecule has 1 atom stereocenters. The van der Waals surface area contributed by atoms with Gasteiger partial charge in [0, 0.05) is 35.3 Å². The van der Waals surface area contributed by atoms with Crippen molar-refractivity contribution >= 4 is 29.3 Å². The molecule has 0 saturated carbocycles. The summed E-state index contributed by atoms with van der Waals surface area (Å²) in [5, 5.41) is 6.87. The minimum absolute atomic E-state index is 0.00710. The molecule has 0 aliphatic carbocycles. The van der Waals surface area contributed by atoms with Gasteiger partial charge in [0.2, 0.25) is 5.91 Å². The molecular formula is C14H19ClN2O2S. The highest BCUT2D eigenvalue weighted by Gasteiger charge is 2.16. The molecule has 6 heteroatoms. The summed E-state index contributed by atoms with van der Waals surface area (Å²) in [5.41, 5.74) is 0. The van der Waals surface area contributed by atoms with Gasteiger partial charge in [-0.15, -0.1) is 11.8 Å². The second-order valence-electron chi connectivity index (χ2n) is 4.55. The van der Waals surface area contributed by atoms with E-state index in [0.29, 0.717) is 19.6 Å². The molecule has 4 nitrogen and oxygen atoms in total. The van der Waals surface area contributed by atoms with Crippen molar-refractivity contribution in [2.45, 2.75) is 17.4 Å². The third kappa shape index (κ3) is 5.71. The van der Waals surface area contributed by atoms with E-state index in [1.807, 2.05) is 24.3 Å². The molecule has 0 spiro atoms. The Hall–Kier alpha value is -0.750. The Kier molecular flexibility index (Phi) is 6.66. The van der Waals surface area contributed by atoms with Crippen molar-refractivity contribution in [3.8, 4) is 0 Å². The molecule has 1 aromatic carbocycles. The summed E-state index contributed by atoms with van der Waals surface area (Å²) < 4.78 is 5.49. The number of amides is 1. The Balaban J connectivity index is 1.58. The van der Waals surface area contributed by atoms with Crippen molar-refractivity contribution in [3.63, 3.8) is 0 Å². The number of carbonyl (C=O) groups is 1. The molecule has 2 N–H and O–H groups in total. The zero-order valence-electron chi connectivity index (χ0n) is 11.2. The predicted octanol–water partition coefficient (Wildman–Crippen LogP) is 1.93. The van der Waals surface area contributed by atoms with Crippen molar-refractivity contribution in [1.29, 1.82) is 0 Å². The van der Waals surface area contributed by atoms with Gasteiger partial charge >= 0.3 is 0 Å². The second-order valence-corrected chi connectivity index (χ2v) is 6.16. The fraction of sp³-hybridized carbons (Fsp3) is 0.500. The zero-order chi connectivity index (χ0) is 14.2. The Labute approximate surface area is 128 Å². The average molecular weight is 315 g/mol. The van der Waals surface area contributed by atoms with Crippen molar-refractivity contribution in [2.75, 3.05) is 32.0 Å². The van der Waals surface area contributed by atoms with E-state index in [2.05, 4.69) is 10.6 Å². The van der Waals surface area contributed by atoms with E-state index >= 15 is 0 Å².